The summed E-state index contributed by atoms with van der Waals surface area (Å²) in [5, 5.41) is -0.635. The monoisotopic (exact) mass is 325 g/mol. The number of benzene rings is 1. The summed E-state index contributed by atoms with van der Waals surface area (Å²) in [6.07, 6.45) is 0.918. The molecular formula is C14H13F2N3O2S. The smallest absolute Gasteiger partial charge is 0.318 e. The molecular weight excluding hydrogens is 312 g/mol. The fourth-order valence-corrected chi connectivity index (χ4v) is 1.94. The van der Waals surface area contributed by atoms with Crippen molar-refractivity contribution in [3.05, 3.63) is 47.7 Å². The summed E-state index contributed by atoms with van der Waals surface area (Å²) in [4.78, 5) is 20.0. The normalized spacial score (nSPS) is 10.4. The molecule has 0 aliphatic heterocycles. The number of rotatable bonds is 5. The number of aromatic nitrogens is 2. The molecule has 0 aliphatic carbocycles. The summed E-state index contributed by atoms with van der Waals surface area (Å²) in [6.45, 7) is 1.95. The molecule has 0 saturated heterocycles. The van der Waals surface area contributed by atoms with Crippen LogP contribution in [0.25, 0.3) is 0 Å². The van der Waals surface area contributed by atoms with E-state index in [2.05, 4.69) is 22.6 Å². The molecule has 0 spiro atoms. The van der Waals surface area contributed by atoms with E-state index in [1.165, 1.54) is 12.1 Å². The first kappa shape index (κ1) is 16.2. The van der Waals surface area contributed by atoms with Gasteiger partial charge >= 0.3 is 6.01 Å². The Morgan fingerprint density at radius 3 is 2.59 bits per heavy atom. The molecule has 0 fully saturated rings. The average Bonchev–Trinajstić information content (AvgIpc) is 2.49. The number of thiol groups is 1. The Morgan fingerprint density at radius 2 is 2.00 bits per heavy atom. The summed E-state index contributed by atoms with van der Waals surface area (Å²) < 4.78 is 31.9. The SMILES string of the molecule is CCN(C(=O)S)c1nc(OCc2ccc(F)cc2)ncc1F. The maximum absolute atomic E-state index is 13.7. The summed E-state index contributed by atoms with van der Waals surface area (Å²) in [6, 6.07) is 5.61. The Morgan fingerprint density at radius 1 is 1.32 bits per heavy atom. The van der Waals surface area contributed by atoms with Crippen LogP contribution in [0, 0.1) is 11.6 Å². The third kappa shape index (κ3) is 3.91. The summed E-state index contributed by atoms with van der Waals surface area (Å²) >= 11 is 3.67. The lowest BCUT2D eigenvalue weighted by Gasteiger charge is -2.17. The largest absolute Gasteiger partial charge is 0.459 e. The first-order valence-corrected chi connectivity index (χ1v) is 6.86. The minimum atomic E-state index is -0.751. The number of carbonyl (C=O) groups excluding carboxylic acids is 1. The number of ether oxygens (including phenoxy) is 1. The van der Waals surface area contributed by atoms with E-state index in [1.807, 2.05) is 0 Å². The van der Waals surface area contributed by atoms with Crippen molar-refractivity contribution >= 4 is 23.7 Å². The van der Waals surface area contributed by atoms with E-state index in [-0.39, 0.29) is 30.8 Å². The van der Waals surface area contributed by atoms with Crippen molar-refractivity contribution in [2.75, 3.05) is 11.4 Å². The lowest BCUT2D eigenvalue weighted by molar-refractivity contribution is 0.264. The van der Waals surface area contributed by atoms with Crippen molar-refractivity contribution in [2.24, 2.45) is 0 Å². The first-order chi connectivity index (χ1) is 10.5. The quantitative estimate of drug-likeness (QED) is 0.858. The van der Waals surface area contributed by atoms with Crippen LogP contribution in [-0.4, -0.2) is 21.8 Å². The van der Waals surface area contributed by atoms with Gasteiger partial charge in [-0.3, -0.25) is 9.69 Å². The first-order valence-electron chi connectivity index (χ1n) is 6.41. The standard InChI is InChI=1S/C14H13F2N3O2S/c1-2-19(14(20)22)12-11(16)7-17-13(18-12)21-8-9-3-5-10(15)6-4-9/h3-7H,2,8H2,1H3,(H,20,22). The Bertz CT molecular complexity index is 668. The summed E-state index contributed by atoms with van der Waals surface area (Å²) in [7, 11) is 0. The van der Waals surface area contributed by atoms with Crippen LogP contribution in [0.1, 0.15) is 12.5 Å². The maximum Gasteiger partial charge on any atom is 0.318 e. The minimum absolute atomic E-state index is 0.0891. The van der Waals surface area contributed by atoms with E-state index in [0.29, 0.717) is 5.56 Å². The predicted octanol–water partition coefficient (Wildman–Crippen LogP) is 3.21. The van der Waals surface area contributed by atoms with Gasteiger partial charge in [-0.1, -0.05) is 24.8 Å². The molecule has 0 bridgehead atoms. The van der Waals surface area contributed by atoms with E-state index in [0.717, 1.165) is 11.1 Å². The number of amides is 1. The fraction of sp³-hybridized carbons (Fsp3) is 0.214. The van der Waals surface area contributed by atoms with Gasteiger partial charge in [-0.05, 0) is 24.6 Å². The number of anilines is 1. The zero-order valence-corrected chi connectivity index (χ0v) is 12.6. The second kappa shape index (κ2) is 7.17. The highest BCUT2D eigenvalue weighted by atomic mass is 32.1. The van der Waals surface area contributed by atoms with E-state index in [4.69, 9.17) is 4.74 Å². The molecule has 1 aromatic carbocycles. The van der Waals surface area contributed by atoms with Gasteiger partial charge in [-0.15, -0.1) is 0 Å². The van der Waals surface area contributed by atoms with Crippen LogP contribution >= 0.6 is 12.6 Å². The van der Waals surface area contributed by atoms with E-state index >= 15 is 0 Å². The van der Waals surface area contributed by atoms with Crippen LogP contribution in [0.3, 0.4) is 0 Å². The number of hydrogen-bond acceptors (Lipinski definition) is 4. The van der Waals surface area contributed by atoms with Crippen LogP contribution in [0.15, 0.2) is 30.5 Å². The lowest BCUT2D eigenvalue weighted by Crippen LogP contribution is -2.27. The van der Waals surface area contributed by atoms with Crippen LogP contribution in [-0.2, 0) is 6.61 Å². The average molecular weight is 325 g/mol. The van der Waals surface area contributed by atoms with Crippen LogP contribution in [0.5, 0.6) is 6.01 Å². The molecule has 5 nitrogen and oxygen atoms in total. The van der Waals surface area contributed by atoms with Crippen molar-refractivity contribution < 1.29 is 18.3 Å². The van der Waals surface area contributed by atoms with Crippen molar-refractivity contribution in [1.29, 1.82) is 0 Å². The number of hydrogen-bond donors (Lipinski definition) is 1. The number of nitrogens with zero attached hydrogens (tertiary/aromatic N) is 3. The lowest BCUT2D eigenvalue weighted by atomic mass is 10.2. The molecule has 1 heterocycles. The highest BCUT2D eigenvalue weighted by Crippen LogP contribution is 2.20. The van der Waals surface area contributed by atoms with Gasteiger partial charge in [0.25, 0.3) is 5.24 Å². The van der Waals surface area contributed by atoms with Crippen LogP contribution in [0.2, 0.25) is 0 Å². The van der Waals surface area contributed by atoms with Crippen molar-refractivity contribution in [2.45, 2.75) is 13.5 Å². The molecule has 0 atom stereocenters. The molecule has 2 rings (SSSR count). The molecule has 116 valence electrons. The summed E-state index contributed by atoms with van der Waals surface area (Å²) in [5.41, 5.74) is 0.702. The van der Waals surface area contributed by atoms with Crippen LogP contribution in [0.4, 0.5) is 19.4 Å². The third-order valence-electron chi connectivity index (χ3n) is 2.79. The molecule has 0 radical (unpaired) electrons. The Kier molecular flexibility index (Phi) is 5.26. The fourth-order valence-electron chi connectivity index (χ4n) is 1.71. The molecule has 1 amide bonds. The molecule has 0 unspecified atom stereocenters. The van der Waals surface area contributed by atoms with Gasteiger partial charge in [0.15, 0.2) is 11.6 Å². The predicted molar refractivity (Wildman–Crippen MR) is 80.1 cm³/mol. The molecule has 0 N–H and O–H groups in total. The van der Waals surface area contributed by atoms with E-state index in [1.54, 1.807) is 19.1 Å². The second-order valence-electron chi connectivity index (χ2n) is 4.27. The highest BCUT2D eigenvalue weighted by molar-refractivity contribution is 7.96. The van der Waals surface area contributed by atoms with Gasteiger partial charge in [-0.25, -0.2) is 13.8 Å². The zero-order valence-electron chi connectivity index (χ0n) is 11.7. The van der Waals surface area contributed by atoms with Gasteiger partial charge in [-0.2, -0.15) is 4.98 Å². The minimum Gasteiger partial charge on any atom is -0.459 e. The Hall–Kier alpha value is -2.22. The van der Waals surface area contributed by atoms with Gasteiger partial charge in [0.1, 0.15) is 12.4 Å². The number of carbonyl (C=O) groups is 1. The van der Waals surface area contributed by atoms with Crippen molar-refractivity contribution in [3.8, 4) is 6.01 Å². The summed E-state index contributed by atoms with van der Waals surface area (Å²) in [5.74, 6) is -1.31. The van der Waals surface area contributed by atoms with Gasteiger partial charge in [0.2, 0.25) is 0 Å². The molecule has 1 aromatic heterocycles. The molecule has 8 heteroatoms. The Labute approximate surface area is 131 Å². The molecule has 2 aromatic rings. The van der Waals surface area contributed by atoms with E-state index < -0.39 is 11.1 Å². The highest BCUT2D eigenvalue weighted by Gasteiger charge is 2.18. The van der Waals surface area contributed by atoms with Crippen molar-refractivity contribution in [1.82, 2.24) is 9.97 Å². The third-order valence-corrected chi connectivity index (χ3v) is 3.03. The van der Waals surface area contributed by atoms with Crippen LogP contribution < -0.4 is 9.64 Å². The second-order valence-corrected chi connectivity index (χ2v) is 4.65. The van der Waals surface area contributed by atoms with Gasteiger partial charge in [0.05, 0.1) is 6.20 Å². The zero-order chi connectivity index (χ0) is 16.1. The topological polar surface area (TPSA) is 55.3 Å². The molecule has 0 saturated carbocycles. The Balaban J connectivity index is 2.15. The van der Waals surface area contributed by atoms with E-state index in [9.17, 15) is 13.6 Å². The molecule has 22 heavy (non-hydrogen) atoms. The molecule has 0 aliphatic rings. The maximum atomic E-state index is 13.7. The van der Waals surface area contributed by atoms with Gasteiger partial charge < -0.3 is 4.74 Å². The number of halogens is 2. The van der Waals surface area contributed by atoms with Crippen molar-refractivity contribution in [3.63, 3.8) is 0 Å². The van der Waals surface area contributed by atoms with Gasteiger partial charge in [0, 0.05) is 6.54 Å².